The molecule has 7 nitrogen and oxygen atoms in total. The number of nitrogens with one attached hydrogen (secondary N) is 2. The van der Waals surface area contributed by atoms with E-state index in [-0.39, 0.29) is 12.5 Å². The van der Waals surface area contributed by atoms with Crippen LogP contribution in [0.1, 0.15) is 70.7 Å². The third-order valence-corrected chi connectivity index (χ3v) is 6.43. The normalized spacial score (nSPS) is 13.0. The van der Waals surface area contributed by atoms with E-state index in [0.717, 1.165) is 5.56 Å². The largest absolute Gasteiger partial charge is 0.444 e. The molecule has 2 unspecified atom stereocenters. The first kappa shape index (κ1) is 31.8. The Labute approximate surface area is 237 Å². The Kier molecular flexibility index (Phi) is 11.5. The van der Waals surface area contributed by atoms with E-state index in [1.54, 1.807) is 56.8 Å². The number of thioether (sulfide) groups is 1. The fourth-order valence-electron chi connectivity index (χ4n) is 4.10. The number of hydrogen-bond acceptors (Lipinski definition) is 5. The minimum atomic E-state index is -1.04. The Hall–Kier alpha value is -3.44. The Morgan fingerprint density at radius 2 is 1.62 bits per heavy atom. The van der Waals surface area contributed by atoms with Gasteiger partial charge in [0, 0.05) is 17.6 Å². The second-order valence-corrected chi connectivity index (χ2v) is 12.2. The molecule has 2 atom stereocenters. The first-order valence-corrected chi connectivity index (χ1v) is 14.4. The van der Waals surface area contributed by atoms with Gasteiger partial charge in [0.2, 0.25) is 11.8 Å². The van der Waals surface area contributed by atoms with Crippen molar-refractivity contribution >= 4 is 29.7 Å². The summed E-state index contributed by atoms with van der Waals surface area (Å²) in [5.74, 6) is 2.52. The predicted octanol–water partition coefficient (Wildman–Crippen LogP) is 5.30. The topological polar surface area (TPSA) is 87.7 Å². The lowest BCUT2D eigenvalue weighted by Gasteiger charge is -2.43. The van der Waals surface area contributed by atoms with Crippen LogP contribution in [0.5, 0.6) is 0 Å². The summed E-state index contributed by atoms with van der Waals surface area (Å²) >= 11 is 1.56. The van der Waals surface area contributed by atoms with Crippen molar-refractivity contribution in [3.63, 3.8) is 0 Å². The van der Waals surface area contributed by atoms with Crippen LogP contribution >= 0.6 is 11.8 Å². The van der Waals surface area contributed by atoms with Gasteiger partial charge < -0.3 is 20.3 Å². The molecule has 0 aromatic heterocycles. The third kappa shape index (κ3) is 9.67. The SMILES string of the molecule is C#Cc1ccccc1C(C(=O)NCc1ccccc1)N(C(=O)C(CCSC)NC(=O)OC(C)(C)C)C(C)(C)C. The first-order valence-electron chi connectivity index (χ1n) is 13.0. The maximum absolute atomic E-state index is 14.3. The van der Waals surface area contributed by atoms with Gasteiger partial charge in [-0.1, -0.05) is 54.5 Å². The molecule has 0 aliphatic rings. The smallest absolute Gasteiger partial charge is 0.408 e. The van der Waals surface area contributed by atoms with E-state index in [4.69, 9.17) is 11.2 Å². The van der Waals surface area contributed by atoms with Gasteiger partial charge in [-0.05, 0) is 77.2 Å². The van der Waals surface area contributed by atoms with Crippen LogP contribution in [-0.2, 0) is 20.9 Å². The van der Waals surface area contributed by atoms with E-state index >= 15 is 0 Å². The number of carbonyl (C=O) groups excluding carboxylic acids is 3. The lowest BCUT2D eigenvalue weighted by Crippen LogP contribution is -2.58. The summed E-state index contributed by atoms with van der Waals surface area (Å²) in [6.07, 6.45) is 7.43. The summed E-state index contributed by atoms with van der Waals surface area (Å²) < 4.78 is 5.45. The molecule has 2 aromatic rings. The summed E-state index contributed by atoms with van der Waals surface area (Å²) in [6.45, 7) is 11.1. The zero-order valence-electron chi connectivity index (χ0n) is 24.0. The number of nitrogens with zero attached hydrogens (tertiary/aromatic N) is 1. The number of terminal acetylenes is 1. The standard InChI is InChI=1S/C31H41N3O4S/c1-9-23-17-13-14-18-24(23)26(27(35)32-21-22-15-11-10-12-16-22)34(30(2,3)4)28(36)25(19-20-39-8)33-29(37)38-31(5,6)7/h1,10-18,25-26H,19-21H2,2-8H3,(H,32,35)(H,33,37). The first-order chi connectivity index (χ1) is 18.3. The number of ether oxygens (including phenoxy) is 1. The van der Waals surface area contributed by atoms with Gasteiger partial charge in [0.1, 0.15) is 17.7 Å². The fraction of sp³-hybridized carbons (Fsp3) is 0.452. The molecule has 0 saturated heterocycles. The van der Waals surface area contributed by atoms with Gasteiger partial charge in [0.25, 0.3) is 0 Å². The Morgan fingerprint density at radius 3 is 2.18 bits per heavy atom. The van der Waals surface area contributed by atoms with E-state index in [2.05, 4.69) is 16.6 Å². The molecule has 0 aliphatic heterocycles. The minimum Gasteiger partial charge on any atom is -0.444 e. The summed E-state index contributed by atoms with van der Waals surface area (Å²) in [6, 6.07) is 14.7. The van der Waals surface area contributed by atoms with Gasteiger partial charge in [-0.15, -0.1) is 6.42 Å². The van der Waals surface area contributed by atoms with Gasteiger partial charge in [-0.25, -0.2) is 4.79 Å². The summed E-state index contributed by atoms with van der Waals surface area (Å²) in [4.78, 5) is 42.5. The second kappa shape index (κ2) is 14.1. The van der Waals surface area contributed by atoms with Crippen LogP contribution in [0.2, 0.25) is 0 Å². The molecule has 39 heavy (non-hydrogen) atoms. The number of carbonyl (C=O) groups is 3. The van der Waals surface area contributed by atoms with Crippen molar-refractivity contribution in [2.75, 3.05) is 12.0 Å². The lowest BCUT2D eigenvalue weighted by atomic mass is 9.92. The highest BCUT2D eigenvalue weighted by molar-refractivity contribution is 7.98. The van der Waals surface area contributed by atoms with Crippen LogP contribution in [0.4, 0.5) is 4.79 Å². The summed E-state index contributed by atoms with van der Waals surface area (Å²) in [5.41, 5.74) is 0.440. The Balaban J connectivity index is 2.56. The lowest BCUT2D eigenvalue weighted by molar-refractivity contribution is -0.148. The van der Waals surface area contributed by atoms with Gasteiger partial charge in [0.15, 0.2) is 0 Å². The molecule has 0 fully saturated rings. The zero-order valence-corrected chi connectivity index (χ0v) is 24.9. The van der Waals surface area contributed by atoms with E-state index < -0.39 is 35.2 Å². The molecular formula is C31H41N3O4S. The molecule has 0 bridgehead atoms. The van der Waals surface area contributed by atoms with Crippen LogP contribution in [0, 0.1) is 12.3 Å². The van der Waals surface area contributed by atoms with Crippen LogP contribution in [-0.4, -0.2) is 52.0 Å². The Morgan fingerprint density at radius 1 is 1.00 bits per heavy atom. The molecule has 2 N–H and O–H groups in total. The quantitative estimate of drug-likeness (QED) is 0.392. The van der Waals surface area contributed by atoms with Crippen molar-refractivity contribution in [1.29, 1.82) is 0 Å². The molecule has 210 valence electrons. The molecule has 0 radical (unpaired) electrons. The van der Waals surface area contributed by atoms with E-state index in [1.807, 2.05) is 57.4 Å². The van der Waals surface area contributed by atoms with Gasteiger partial charge in [-0.2, -0.15) is 11.8 Å². The molecule has 0 heterocycles. The molecule has 0 spiro atoms. The van der Waals surface area contributed by atoms with E-state index in [1.165, 1.54) is 4.90 Å². The molecule has 2 rings (SSSR count). The average molecular weight is 552 g/mol. The number of amides is 3. The zero-order chi connectivity index (χ0) is 29.2. The maximum atomic E-state index is 14.3. The minimum absolute atomic E-state index is 0.284. The summed E-state index contributed by atoms with van der Waals surface area (Å²) in [5, 5.41) is 5.75. The van der Waals surface area contributed by atoms with Crippen LogP contribution in [0.3, 0.4) is 0 Å². The molecule has 0 aliphatic carbocycles. The van der Waals surface area contributed by atoms with Crippen LogP contribution in [0.25, 0.3) is 0 Å². The van der Waals surface area contributed by atoms with Crippen molar-refractivity contribution < 1.29 is 19.1 Å². The van der Waals surface area contributed by atoms with E-state index in [0.29, 0.717) is 23.3 Å². The number of hydrogen-bond donors (Lipinski definition) is 2. The van der Waals surface area contributed by atoms with Crippen LogP contribution in [0.15, 0.2) is 54.6 Å². The maximum Gasteiger partial charge on any atom is 0.408 e. The van der Waals surface area contributed by atoms with Crippen molar-refractivity contribution in [1.82, 2.24) is 15.5 Å². The average Bonchev–Trinajstić information content (AvgIpc) is 2.86. The molecule has 2 aromatic carbocycles. The molecule has 8 heteroatoms. The van der Waals surface area contributed by atoms with E-state index in [9.17, 15) is 14.4 Å². The number of rotatable bonds is 10. The molecular weight excluding hydrogens is 510 g/mol. The summed E-state index contributed by atoms with van der Waals surface area (Å²) in [7, 11) is 0. The molecule has 3 amide bonds. The van der Waals surface area contributed by atoms with Crippen LogP contribution < -0.4 is 10.6 Å². The van der Waals surface area contributed by atoms with Crippen molar-refractivity contribution in [2.45, 2.75) is 77.7 Å². The molecule has 0 saturated carbocycles. The van der Waals surface area contributed by atoms with Crippen molar-refractivity contribution in [2.24, 2.45) is 0 Å². The number of benzene rings is 2. The van der Waals surface area contributed by atoms with Gasteiger partial charge in [0.05, 0.1) is 0 Å². The third-order valence-electron chi connectivity index (χ3n) is 5.79. The van der Waals surface area contributed by atoms with Crippen molar-refractivity contribution in [3.05, 3.63) is 71.3 Å². The van der Waals surface area contributed by atoms with Crippen molar-refractivity contribution in [3.8, 4) is 12.3 Å². The second-order valence-electron chi connectivity index (χ2n) is 11.2. The Bertz CT molecular complexity index is 1160. The highest BCUT2D eigenvalue weighted by atomic mass is 32.2. The highest BCUT2D eigenvalue weighted by Gasteiger charge is 2.42. The monoisotopic (exact) mass is 551 g/mol. The highest BCUT2D eigenvalue weighted by Crippen LogP contribution is 2.32. The predicted molar refractivity (Wildman–Crippen MR) is 158 cm³/mol. The number of alkyl carbamates (subject to hydrolysis) is 1. The van der Waals surface area contributed by atoms with Gasteiger partial charge in [-0.3, -0.25) is 9.59 Å². The van der Waals surface area contributed by atoms with Gasteiger partial charge >= 0.3 is 6.09 Å². The fourth-order valence-corrected chi connectivity index (χ4v) is 4.57.